The molecule has 1 N–H and O–H groups in total. The van der Waals surface area contributed by atoms with E-state index in [-0.39, 0.29) is 0 Å². The molecule has 2 nitrogen and oxygen atoms in total. The third kappa shape index (κ3) is 3.07. The van der Waals surface area contributed by atoms with Crippen LogP contribution in [0.1, 0.15) is 11.4 Å². The molecule has 1 aromatic heterocycles. The molecule has 0 saturated heterocycles. The quantitative estimate of drug-likeness (QED) is 0.923. The Labute approximate surface area is 104 Å². The predicted molar refractivity (Wildman–Crippen MR) is 70.4 cm³/mol. The van der Waals surface area contributed by atoms with Crippen LogP contribution in [0.4, 0.5) is 5.69 Å². The number of nitrogens with one attached hydrogen (secondary N) is 1. The zero-order valence-electron chi connectivity index (χ0n) is 9.07. The van der Waals surface area contributed by atoms with Gasteiger partial charge in [0.25, 0.3) is 0 Å². The Morgan fingerprint density at radius 3 is 2.56 bits per heavy atom. The van der Waals surface area contributed by atoms with Crippen LogP contribution in [0, 0.1) is 6.92 Å². The van der Waals surface area contributed by atoms with Crippen LogP contribution < -0.4 is 5.32 Å². The topological polar surface area (TPSA) is 24.9 Å². The highest BCUT2D eigenvalue weighted by molar-refractivity contribution is 9.10. The minimum atomic E-state index is 0.753. The summed E-state index contributed by atoms with van der Waals surface area (Å²) in [7, 11) is 0. The van der Waals surface area contributed by atoms with Gasteiger partial charge in [0.1, 0.15) is 0 Å². The lowest BCUT2D eigenvalue weighted by molar-refractivity contribution is 1.02. The van der Waals surface area contributed by atoms with Crippen LogP contribution in [0.2, 0.25) is 0 Å². The van der Waals surface area contributed by atoms with E-state index < -0.39 is 0 Å². The average Bonchev–Trinajstić information content (AvgIpc) is 2.28. The lowest BCUT2D eigenvalue weighted by Crippen LogP contribution is -2.01. The Hall–Kier alpha value is -1.35. The number of hydrogen-bond acceptors (Lipinski definition) is 2. The Morgan fingerprint density at radius 2 is 1.88 bits per heavy atom. The molecular formula is C13H13BrN2. The minimum absolute atomic E-state index is 0.753. The first kappa shape index (κ1) is 11.1. The lowest BCUT2D eigenvalue weighted by Gasteiger charge is -2.06. The molecule has 0 amide bonds. The first-order chi connectivity index (χ1) is 7.74. The van der Waals surface area contributed by atoms with Crippen molar-refractivity contribution in [1.29, 1.82) is 0 Å². The van der Waals surface area contributed by atoms with Crippen LogP contribution in [0.15, 0.2) is 46.9 Å². The molecule has 3 heteroatoms. The van der Waals surface area contributed by atoms with Crippen LogP contribution in [0.5, 0.6) is 0 Å². The van der Waals surface area contributed by atoms with Crippen LogP contribution >= 0.6 is 15.9 Å². The second-order valence-corrected chi connectivity index (χ2v) is 4.55. The number of halogens is 1. The van der Waals surface area contributed by atoms with Gasteiger partial charge < -0.3 is 5.32 Å². The van der Waals surface area contributed by atoms with Gasteiger partial charge >= 0.3 is 0 Å². The Kier molecular flexibility index (Phi) is 3.57. The Balaban J connectivity index is 1.99. The maximum atomic E-state index is 4.43. The van der Waals surface area contributed by atoms with E-state index in [1.54, 1.807) is 0 Å². The first-order valence-electron chi connectivity index (χ1n) is 5.16. The van der Waals surface area contributed by atoms with Crippen LogP contribution in [0.3, 0.4) is 0 Å². The fraction of sp³-hybridized carbons (Fsp3) is 0.154. The van der Waals surface area contributed by atoms with Gasteiger partial charge in [-0.3, -0.25) is 4.98 Å². The Morgan fingerprint density at radius 1 is 1.12 bits per heavy atom. The van der Waals surface area contributed by atoms with Gasteiger partial charge in [0.05, 0.1) is 12.2 Å². The highest BCUT2D eigenvalue weighted by Gasteiger charge is 1.95. The molecule has 2 rings (SSSR count). The summed E-state index contributed by atoms with van der Waals surface area (Å²) in [6, 6.07) is 14.2. The minimum Gasteiger partial charge on any atom is -0.379 e. The highest BCUT2D eigenvalue weighted by atomic mass is 79.9. The van der Waals surface area contributed by atoms with E-state index in [9.17, 15) is 0 Å². The van der Waals surface area contributed by atoms with Crippen molar-refractivity contribution in [3.63, 3.8) is 0 Å². The predicted octanol–water partition coefficient (Wildman–Crippen LogP) is 3.76. The van der Waals surface area contributed by atoms with Gasteiger partial charge in [-0.2, -0.15) is 0 Å². The summed E-state index contributed by atoms with van der Waals surface area (Å²) >= 11 is 3.41. The van der Waals surface area contributed by atoms with E-state index in [0.29, 0.717) is 0 Å². The summed E-state index contributed by atoms with van der Waals surface area (Å²) in [5.41, 5.74) is 3.21. The van der Waals surface area contributed by atoms with E-state index in [1.807, 2.05) is 49.4 Å². The van der Waals surface area contributed by atoms with Crippen molar-refractivity contribution in [2.45, 2.75) is 13.5 Å². The van der Waals surface area contributed by atoms with Gasteiger partial charge in [0.15, 0.2) is 0 Å². The number of rotatable bonds is 3. The standard InChI is InChI=1S/C13H13BrN2/c1-10-3-2-4-13(16-10)9-15-12-7-5-11(14)6-8-12/h2-8,15H,9H2,1H3. The van der Waals surface area contributed by atoms with Crippen molar-refractivity contribution >= 4 is 21.6 Å². The molecular weight excluding hydrogens is 264 g/mol. The van der Waals surface area contributed by atoms with Gasteiger partial charge in [0, 0.05) is 15.9 Å². The summed E-state index contributed by atoms with van der Waals surface area (Å²) in [4.78, 5) is 4.43. The van der Waals surface area contributed by atoms with Gasteiger partial charge in [0.2, 0.25) is 0 Å². The van der Waals surface area contributed by atoms with Crippen molar-refractivity contribution in [3.8, 4) is 0 Å². The van der Waals surface area contributed by atoms with Crippen molar-refractivity contribution < 1.29 is 0 Å². The number of benzene rings is 1. The fourth-order valence-electron chi connectivity index (χ4n) is 1.46. The summed E-state index contributed by atoms with van der Waals surface area (Å²) < 4.78 is 1.09. The van der Waals surface area contributed by atoms with E-state index >= 15 is 0 Å². The molecule has 1 heterocycles. The number of aromatic nitrogens is 1. The maximum absolute atomic E-state index is 4.43. The average molecular weight is 277 g/mol. The molecule has 0 atom stereocenters. The molecule has 0 spiro atoms. The summed E-state index contributed by atoms with van der Waals surface area (Å²) in [5, 5.41) is 3.33. The first-order valence-corrected chi connectivity index (χ1v) is 5.95. The molecule has 0 aliphatic carbocycles. The SMILES string of the molecule is Cc1cccc(CNc2ccc(Br)cc2)n1. The third-order valence-electron chi connectivity index (χ3n) is 2.26. The number of pyridine rings is 1. The molecule has 16 heavy (non-hydrogen) atoms. The van der Waals surface area contributed by atoms with Crippen LogP contribution in [-0.2, 0) is 6.54 Å². The molecule has 0 saturated carbocycles. The van der Waals surface area contributed by atoms with E-state index in [1.165, 1.54) is 0 Å². The molecule has 82 valence electrons. The van der Waals surface area contributed by atoms with Crippen LogP contribution in [-0.4, -0.2) is 4.98 Å². The number of anilines is 1. The fourth-order valence-corrected chi connectivity index (χ4v) is 1.72. The molecule has 0 fully saturated rings. The second-order valence-electron chi connectivity index (χ2n) is 3.63. The summed E-state index contributed by atoms with van der Waals surface area (Å²) in [5.74, 6) is 0. The normalized spacial score (nSPS) is 10.1. The zero-order valence-corrected chi connectivity index (χ0v) is 10.7. The third-order valence-corrected chi connectivity index (χ3v) is 2.79. The zero-order chi connectivity index (χ0) is 11.4. The van der Waals surface area contributed by atoms with Crippen molar-refractivity contribution in [2.75, 3.05) is 5.32 Å². The lowest BCUT2D eigenvalue weighted by atomic mass is 10.3. The molecule has 0 unspecified atom stereocenters. The highest BCUT2D eigenvalue weighted by Crippen LogP contribution is 2.14. The molecule has 0 aliphatic rings. The Bertz CT molecular complexity index is 466. The number of hydrogen-bond donors (Lipinski definition) is 1. The number of nitrogens with zero attached hydrogens (tertiary/aromatic N) is 1. The largest absolute Gasteiger partial charge is 0.379 e. The van der Waals surface area contributed by atoms with Gasteiger partial charge in [-0.25, -0.2) is 0 Å². The van der Waals surface area contributed by atoms with Crippen molar-refractivity contribution in [3.05, 3.63) is 58.3 Å². The molecule has 0 aliphatic heterocycles. The van der Waals surface area contributed by atoms with Crippen molar-refractivity contribution in [2.24, 2.45) is 0 Å². The number of aryl methyl sites for hydroxylation is 1. The maximum Gasteiger partial charge on any atom is 0.0597 e. The smallest absolute Gasteiger partial charge is 0.0597 e. The summed E-state index contributed by atoms with van der Waals surface area (Å²) in [6.45, 7) is 2.76. The monoisotopic (exact) mass is 276 g/mol. The van der Waals surface area contributed by atoms with E-state index in [2.05, 4.69) is 26.2 Å². The van der Waals surface area contributed by atoms with Gasteiger partial charge in [-0.1, -0.05) is 22.0 Å². The molecule has 0 bridgehead atoms. The van der Waals surface area contributed by atoms with E-state index in [4.69, 9.17) is 0 Å². The van der Waals surface area contributed by atoms with Crippen LogP contribution in [0.25, 0.3) is 0 Å². The summed E-state index contributed by atoms with van der Waals surface area (Å²) in [6.07, 6.45) is 0. The second kappa shape index (κ2) is 5.12. The van der Waals surface area contributed by atoms with Gasteiger partial charge in [-0.15, -0.1) is 0 Å². The molecule has 0 radical (unpaired) electrons. The van der Waals surface area contributed by atoms with Gasteiger partial charge in [-0.05, 0) is 43.3 Å². The molecule has 2 aromatic rings. The van der Waals surface area contributed by atoms with E-state index in [0.717, 1.165) is 28.1 Å². The molecule has 1 aromatic carbocycles. The van der Waals surface area contributed by atoms with Crippen molar-refractivity contribution in [1.82, 2.24) is 4.98 Å².